The number of hydrogen-bond donors (Lipinski definition) is 0. The van der Waals surface area contributed by atoms with Crippen LogP contribution in [0.2, 0.25) is 0 Å². The minimum atomic E-state index is -3.98. The van der Waals surface area contributed by atoms with E-state index in [2.05, 4.69) is 10.3 Å². The third-order valence-corrected chi connectivity index (χ3v) is 6.76. The molecule has 0 aliphatic heterocycles. The monoisotopic (exact) mass is 466 g/mol. The molecule has 0 atom stereocenters. The maximum Gasteiger partial charge on any atom is 0.269 e. The molecule has 3 aromatic carbocycles. The van der Waals surface area contributed by atoms with Gasteiger partial charge in [0.2, 0.25) is 9.84 Å². The fourth-order valence-corrected chi connectivity index (χ4v) is 4.74. The number of benzene rings is 3. The molecule has 0 N–H and O–H groups in total. The fourth-order valence-electron chi connectivity index (χ4n) is 3.27. The van der Waals surface area contributed by atoms with Crippen LogP contribution in [0.4, 0.5) is 5.69 Å². The number of hydrogen-bond acceptors (Lipinski definition) is 8. The summed E-state index contributed by atoms with van der Waals surface area (Å²) >= 11 is 0. The second kappa shape index (κ2) is 8.71. The molecule has 1 heterocycles. The number of ether oxygens (including phenoxy) is 2. The Bertz CT molecular complexity index is 1430. The summed E-state index contributed by atoms with van der Waals surface area (Å²) in [5, 5.41) is 19.2. The van der Waals surface area contributed by atoms with Gasteiger partial charge in [0.25, 0.3) is 5.69 Å². The Morgan fingerprint density at radius 2 is 1.70 bits per heavy atom. The van der Waals surface area contributed by atoms with E-state index in [4.69, 9.17) is 9.47 Å². The van der Waals surface area contributed by atoms with Gasteiger partial charge >= 0.3 is 0 Å². The van der Waals surface area contributed by atoms with E-state index in [1.54, 1.807) is 42.6 Å². The van der Waals surface area contributed by atoms with E-state index in [1.807, 2.05) is 0 Å². The van der Waals surface area contributed by atoms with E-state index >= 15 is 0 Å². The Morgan fingerprint density at radius 1 is 0.970 bits per heavy atom. The van der Waals surface area contributed by atoms with Crippen molar-refractivity contribution in [1.82, 2.24) is 15.0 Å². The second-order valence-electron chi connectivity index (χ2n) is 6.84. The average Bonchev–Trinajstić information content (AvgIpc) is 3.33. The van der Waals surface area contributed by atoms with Gasteiger partial charge in [-0.05, 0) is 30.3 Å². The zero-order chi connectivity index (χ0) is 23.6. The summed E-state index contributed by atoms with van der Waals surface area (Å²) in [6.45, 7) is 0. The highest BCUT2D eigenvalue weighted by Gasteiger charge is 2.24. The molecule has 168 valence electrons. The number of sulfone groups is 1. The first-order valence-corrected chi connectivity index (χ1v) is 11.1. The molecular weight excluding hydrogens is 448 g/mol. The number of non-ortho nitro benzene ring substituents is 1. The molecule has 4 aromatic rings. The van der Waals surface area contributed by atoms with Crippen molar-refractivity contribution in [3.63, 3.8) is 0 Å². The lowest BCUT2D eigenvalue weighted by atomic mass is 10.2. The van der Waals surface area contributed by atoms with Crippen molar-refractivity contribution in [3.8, 4) is 28.4 Å². The van der Waals surface area contributed by atoms with E-state index in [9.17, 15) is 18.5 Å². The van der Waals surface area contributed by atoms with E-state index in [0.717, 1.165) is 12.1 Å². The summed E-state index contributed by atoms with van der Waals surface area (Å²) < 4.78 is 38.7. The molecule has 0 saturated heterocycles. The van der Waals surface area contributed by atoms with Crippen molar-refractivity contribution in [2.75, 3.05) is 14.2 Å². The van der Waals surface area contributed by atoms with Crippen molar-refractivity contribution in [3.05, 3.63) is 83.0 Å². The lowest BCUT2D eigenvalue weighted by Gasteiger charge is -2.10. The third-order valence-electron chi connectivity index (χ3n) is 4.94. The lowest BCUT2D eigenvalue weighted by Crippen LogP contribution is -2.04. The van der Waals surface area contributed by atoms with E-state index in [1.165, 1.54) is 37.1 Å². The number of nitro groups is 1. The van der Waals surface area contributed by atoms with E-state index in [-0.39, 0.29) is 15.5 Å². The first kappa shape index (κ1) is 22.0. The van der Waals surface area contributed by atoms with E-state index < -0.39 is 14.8 Å². The van der Waals surface area contributed by atoms with Crippen LogP contribution >= 0.6 is 0 Å². The van der Waals surface area contributed by atoms with Crippen molar-refractivity contribution < 1.29 is 22.8 Å². The van der Waals surface area contributed by atoms with Gasteiger partial charge in [-0.15, -0.1) is 5.10 Å². The number of nitro benzene ring substituents is 1. The van der Waals surface area contributed by atoms with Crippen LogP contribution in [0.1, 0.15) is 0 Å². The molecule has 11 heteroatoms. The summed E-state index contributed by atoms with van der Waals surface area (Å²) in [5.74, 6) is 1.11. The van der Waals surface area contributed by atoms with Gasteiger partial charge < -0.3 is 9.47 Å². The van der Waals surface area contributed by atoms with Gasteiger partial charge in [0, 0.05) is 23.8 Å². The molecule has 0 aliphatic carbocycles. The van der Waals surface area contributed by atoms with Gasteiger partial charge in [-0.2, -0.15) is 0 Å². The van der Waals surface area contributed by atoms with E-state index in [0.29, 0.717) is 28.4 Å². The van der Waals surface area contributed by atoms with Crippen LogP contribution in [0.25, 0.3) is 16.9 Å². The number of aromatic nitrogens is 3. The largest absolute Gasteiger partial charge is 0.497 e. The van der Waals surface area contributed by atoms with Crippen LogP contribution in [-0.4, -0.2) is 42.6 Å². The molecule has 10 nitrogen and oxygen atoms in total. The van der Waals surface area contributed by atoms with Crippen LogP contribution in [0.5, 0.6) is 11.5 Å². The number of rotatable bonds is 7. The quantitative estimate of drug-likeness (QED) is 0.298. The standard InChI is InChI=1S/C22H18N4O6S/c1-31-16-9-12-21(32-2)20(13-16)25-14-19(23-24-25)18-5-3-4-6-22(18)33(29,30)17-10-7-15(8-11-17)26(27)28/h3-14H,1-2H3. The molecule has 1 aromatic heterocycles. The minimum Gasteiger partial charge on any atom is -0.497 e. The van der Waals surface area contributed by atoms with Gasteiger partial charge in [0.15, 0.2) is 0 Å². The number of methoxy groups -OCH3 is 2. The van der Waals surface area contributed by atoms with Crippen LogP contribution in [0.15, 0.2) is 82.7 Å². The molecule has 0 amide bonds. The summed E-state index contributed by atoms with van der Waals surface area (Å²) in [5.41, 5.74) is 1.02. The van der Waals surface area contributed by atoms with Crippen molar-refractivity contribution in [2.45, 2.75) is 9.79 Å². The minimum absolute atomic E-state index is 0.00325. The Kier molecular flexibility index (Phi) is 5.80. The Hall–Kier alpha value is -4.25. The maximum atomic E-state index is 13.3. The van der Waals surface area contributed by atoms with Gasteiger partial charge in [-0.3, -0.25) is 10.1 Å². The molecule has 0 aliphatic rings. The highest BCUT2D eigenvalue weighted by atomic mass is 32.2. The van der Waals surface area contributed by atoms with Gasteiger partial charge in [-0.1, -0.05) is 23.4 Å². The first-order valence-electron chi connectivity index (χ1n) is 9.59. The third kappa shape index (κ3) is 4.13. The SMILES string of the molecule is COc1ccc(OC)c(-n2cc(-c3ccccc3S(=O)(=O)c3ccc([N+](=O)[O-])cc3)nn2)c1. The molecule has 0 spiro atoms. The fraction of sp³-hybridized carbons (Fsp3) is 0.0909. The summed E-state index contributed by atoms with van der Waals surface area (Å²) in [6.07, 6.45) is 1.58. The Balaban J connectivity index is 1.78. The van der Waals surface area contributed by atoms with Crippen LogP contribution in [0, 0.1) is 10.1 Å². The topological polar surface area (TPSA) is 126 Å². The summed E-state index contributed by atoms with van der Waals surface area (Å²) in [7, 11) is -0.921. The Labute approximate surface area is 189 Å². The van der Waals surface area contributed by atoms with Gasteiger partial charge in [0.05, 0.1) is 35.1 Å². The van der Waals surface area contributed by atoms with Crippen molar-refractivity contribution in [1.29, 1.82) is 0 Å². The number of nitrogens with zero attached hydrogens (tertiary/aromatic N) is 4. The highest BCUT2D eigenvalue weighted by Crippen LogP contribution is 2.32. The molecule has 33 heavy (non-hydrogen) atoms. The van der Waals surface area contributed by atoms with Crippen LogP contribution in [-0.2, 0) is 9.84 Å². The summed E-state index contributed by atoms with van der Waals surface area (Å²) in [4.78, 5) is 10.2. The zero-order valence-corrected chi connectivity index (χ0v) is 18.4. The summed E-state index contributed by atoms with van der Waals surface area (Å²) in [6, 6.07) is 16.3. The normalized spacial score (nSPS) is 11.2. The molecule has 0 saturated carbocycles. The van der Waals surface area contributed by atoms with Crippen molar-refractivity contribution in [2.24, 2.45) is 0 Å². The lowest BCUT2D eigenvalue weighted by molar-refractivity contribution is -0.384. The average molecular weight is 466 g/mol. The zero-order valence-electron chi connectivity index (χ0n) is 17.6. The predicted octanol–water partition coefficient (Wildman–Crippen LogP) is 3.69. The molecule has 0 bridgehead atoms. The first-order chi connectivity index (χ1) is 15.8. The Morgan fingerprint density at radius 3 is 2.36 bits per heavy atom. The molecular formula is C22H18N4O6S. The molecule has 4 rings (SSSR count). The van der Waals surface area contributed by atoms with Crippen molar-refractivity contribution >= 4 is 15.5 Å². The molecule has 0 unspecified atom stereocenters. The smallest absolute Gasteiger partial charge is 0.269 e. The van der Waals surface area contributed by atoms with Crippen LogP contribution in [0.3, 0.4) is 0 Å². The molecule has 0 radical (unpaired) electrons. The van der Waals surface area contributed by atoms with Gasteiger partial charge in [0.1, 0.15) is 22.9 Å². The molecule has 0 fully saturated rings. The predicted molar refractivity (Wildman–Crippen MR) is 118 cm³/mol. The maximum absolute atomic E-state index is 13.3. The second-order valence-corrected chi connectivity index (χ2v) is 8.75. The van der Waals surface area contributed by atoms with Crippen LogP contribution < -0.4 is 9.47 Å². The highest BCUT2D eigenvalue weighted by molar-refractivity contribution is 7.91. The van der Waals surface area contributed by atoms with Gasteiger partial charge in [-0.25, -0.2) is 13.1 Å².